The number of nitrogens with zero attached hydrogens (tertiary/aromatic N) is 1. The van der Waals surface area contributed by atoms with Crippen molar-refractivity contribution in [3.05, 3.63) is 34.9 Å². The van der Waals surface area contributed by atoms with Crippen molar-refractivity contribution in [3.8, 4) is 0 Å². The van der Waals surface area contributed by atoms with Gasteiger partial charge >= 0.3 is 5.97 Å². The molecular formula is C16H18ClNO3. The predicted octanol–water partition coefficient (Wildman–Crippen LogP) is 2.80. The van der Waals surface area contributed by atoms with Crippen LogP contribution < -0.4 is 0 Å². The predicted molar refractivity (Wildman–Crippen MR) is 78.8 cm³/mol. The number of hydrogen-bond donors (Lipinski definition) is 1. The minimum absolute atomic E-state index is 0.00995. The molecule has 21 heavy (non-hydrogen) atoms. The van der Waals surface area contributed by atoms with Gasteiger partial charge in [0.2, 0.25) is 5.91 Å². The minimum Gasteiger partial charge on any atom is -0.480 e. The van der Waals surface area contributed by atoms with Crippen LogP contribution in [0.4, 0.5) is 0 Å². The Morgan fingerprint density at radius 1 is 1.24 bits per heavy atom. The van der Waals surface area contributed by atoms with Crippen LogP contribution in [0.3, 0.4) is 0 Å². The van der Waals surface area contributed by atoms with Crippen molar-refractivity contribution < 1.29 is 14.7 Å². The molecule has 2 atom stereocenters. The Kier molecular flexibility index (Phi) is 3.89. The number of rotatable bonds is 6. The van der Waals surface area contributed by atoms with E-state index in [-0.39, 0.29) is 18.4 Å². The van der Waals surface area contributed by atoms with Crippen molar-refractivity contribution in [1.82, 2.24) is 4.90 Å². The highest BCUT2D eigenvalue weighted by Crippen LogP contribution is 2.54. The normalized spacial score (nSPS) is 23.7. The van der Waals surface area contributed by atoms with E-state index in [0.717, 1.165) is 12.0 Å². The van der Waals surface area contributed by atoms with Gasteiger partial charge in [0.25, 0.3) is 0 Å². The number of amides is 1. The molecule has 1 aromatic carbocycles. The molecule has 2 unspecified atom stereocenters. The summed E-state index contributed by atoms with van der Waals surface area (Å²) in [6.45, 7) is 0.0888. The molecule has 2 aliphatic rings. The third-order valence-corrected chi connectivity index (χ3v) is 4.56. The van der Waals surface area contributed by atoms with Gasteiger partial charge in [-0.2, -0.15) is 0 Å². The second-order valence-electron chi connectivity index (χ2n) is 6.06. The number of carbonyl (C=O) groups is 2. The molecular weight excluding hydrogens is 290 g/mol. The van der Waals surface area contributed by atoms with Gasteiger partial charge in [-0.25, -0.2) is 0 Å². The Hall–Kier alpha value is -1.55. The van der Waals surface area contributed by atoms with Crippen LogP contribution >= 0.6 is 11.6 Å². The van der Waals surface area contributed by atoms with Crippen molar-refractivity contribution >= 4 is 23.5 Å². The zero-order chi connectivity index (χ0) is 15.0. The van der Waals surface area contributed by atoms with E-state index in [1.54, 1.807) is 12.1 Å². The number of benzene rings is 1. The molecule has 3 rings (SSSR count). The van der Waals surface area contributed by atoms with Crippen LogP contribution in [0, 0.1) is 17.8 Å². The molecule has 0 radical (unpaired) electrons. The molecule has 1 N–H and O–H groups in total. The summed E-state index contributed by atoms with van der Waals surface area (Å²) in [5.41, 5.74) is 0.901. The van der Waals surface area contributed by atoms with Crippen LogP contribution in [0.25, 0.3) is 0 Å². The lowest BCUT2D eigenvalue weighted by atomic mass is 10.1. The van der Waals surface area contributed by atoms with Gasteiger partial charge in [-0.05, 0) is 48.8 Å². The molecule has 112 valence electrons. The van der Waals surface area contributed by atoms with Gasteiger partial charge in [-0.1, -0.05) is 23.7 Å². The fourth-order valence-corrected chi connectivity index (χ4v) is 3.09. The maximum absolute atomic E-state index is 12.5. The molecule has 0 spiro atoms. The molecule has 0 bridgehead atoms. The smallest absolute Gasteiger partial charge is 0.323 e. The first kappa shape index (κ1) is 14.4. The molecule has 4 nitrogen and oxygen atoms in total. The monoisotopic (exact) mass is 307 g/mol. The molecule has 0 heterocycles. The SMILES string of the molecule is O=C(O)CN(Cc1ccc(Cl)cc1)C(=O)C1CC1C1CC1. The molecule has 2 fully saturated rings. The van der Waals surface area contributed by atoms with E-state index in [1.807, 2.05) is 12.1 Å². The summed E-state index contributed by atoms with van der Waals surface area (Å²) in [5.74, 6) is 0.273. The van der Waals surface area contributed by atoms with Crippen LogP contribution in [0.2, 0.25) is 5.02 Å². The van der Waals surface area contributed by atoms with E-state index >= 15 is 0 Å². The molecule has 0 aliphatic heterocycles. The minimum atomic E-state index is -0.971. The summed E-state index contributed by atoms with van der Waals surface area (Å²) in [5, 5.41) is 9.66. The first-order chi connectivity index (χ1) is 10.0. The summed E-state index contributed by atoms with van der Waals surface area (Å²) < 4.78 is 0. The van der Waals surface area contributed by atoms with E-state index in [2.05, 4.69) is 0 Å². The van der Waals surface area contributed by atoms with Crippen molar-refractivity contribution in [1.29, 1.82) is 0 Å². The van der Waals surface area contributed by atoms with Gasteiger partial charge in [-0.3, -0.25) is 9.59 Å². The summed E-state index contributed by atoms with van der Waals surface area (Å²) in [6, 6.07) is 7.17. The van der Waals surface area contributed by atoms with Crippen LogP contribution in [-0.4, -0.2) is 28.4 Å². The third-order valence-electron chi connectivity index (χ3n) is 4.31. The Bertz CT molecular complexity index is 553. The Balaban J connectivity index is 1.66. The van der Waals surface area contributed by atoms with E-state index in [0.29, 0.717) is 23.4 Å². The highest BCUT2D eigenvalue weighted by atomic mass is 35.5. The van der Waals surface area contributed by atoms with Crippen LogP contribution in [-0.2, 0) is 16.1 Å². The molecule has 0 saturated heterocycles. The maximum atomic E-state index is 12.5. The highest BCUT2D eigenvalue weighted by Gasteiger charge is 2.52. The Labute approximate surface area is 128 Å². The van der Waals surface area contributed by atoms with Gasteiger partial charge in [-0.15, -0.1) is 0 Å². The summed E-state index contributed by atoms with van der Waals surface area (Å²) in [7, 11) is 0. The molecule has 1 aromatic rings. The van der Waals surface area contributed by atoms with E-state index in [1.165, 1.54) is 17.7 Å². The molecule has 2 saturated carbocycles. The Morgan fingerprint density at radius 3 is 2.48 bits per heavy atom. The number of aliphatic carboxylic acids is 1. The highest BCUT2D eigenvalue weighted by molar-refractivity contribution is 6.30. The third kappa shape index (κ3) is 3.56. The number of hydrogen-bond acceptors (Lipinski definition) is 2. The topological polar surface area (TPSA) is 57.6 Å². The number of carboxylic acid groups (broad SMARTS) is 1. The molecule has 5 heteroatoms. The number of carbonyl (C=O) groups excluding carboxylic acids is 1. The molecule has 0 aromatic heterocycles. The van der Waals surface area contributed by atoms with Crippen LogP contribution in [0.15, 0.2) is 24.3 Å². The quantitative estimate of drug-likeness (QED) is 0.879. The van der Waals surface area contributed by atoms with Crippen molar-refractivity contribution in [2.24, 2.45) is 17.8 Å². The summed E-state index contributed by atoms with van der Waals surface area (Å²) in [6.07, 6.45) is 3.38. The second-order valence-corrected chi connectivity index (χ2v) is 6.49. The van der Waals surface area contributed by atoms with Gasteiger partial charge in [0, 0.05) is 17.5 Å². The van der Waals surface area contributed by atoms with Gasteiger partial charge in [0.15, 0.2) is 0 Å². The lowest BCUT2D eigenvalue weighted by Gasteiger charge is -2.21. The Morgan fingerprint density at radius 2 is 1.90 bits per heavy atom. The molecule has 2 aliphatic carbocycles. The fourth-order valence-electron chi connectivity index (χ4n) is 2.96. The summed E-state index contributed by atoms with van der Waals surface area (Å²) >= 11 is 5.84. The van der Waals surface area contributed by atoms with Gasteiger partial charge < -0.3 is 10.0 Å². The average molecular weight is 308 g/mol. The molecule has 1 amide bonds. The zero-order valence-corrected chi connectivity index (χ0v) is 12.4. The zero-order valence-electron chi connectivity index (χ0n) is 11.7. The first-order valence-electron chi connectivity index (χ1n) is 7.29. The standard InChI is InChI=1S/C16H18ClNO3/c17-12-5-1-10(2-6-12)8-18(9-15(19)20)16(21)14-7-13(14)11-3-4-11/h1-2,5-6,11,13-14H,3-4,7-9H2,(H,19,20). The fraction of sp³-hybridized carbons (Fsp3) is 0.500. The maximum Gasteiger partial charge on any atom is 0.323 e. The van der Waals surface area contributed by atoms with Crippen LogP contribution in [0.1, 0.15) is 24.8 Å². The largest absolute Gasteiger partial charge is 0.480 e. The van der Waals surface area contributed by atoms with Gasteiger partial charge in [0.05, 0.1) is 0 Å². The van der Waals surface area contributed by atoms with Crippen molar-refractivity contribution in [2.45, 2.75) is 25.8 Å². The second kappa shape index (κ2) is 5.68. The lowest BCUT2D eigenvalue weighted by molar-refractivity contribution is -0.145. The van der Waals surface area contributed by atoms with E-state index in [4.69, 9.17) is 16.7 Å². The van der Waals surface area contributed by atoms with Crippen LogP contribution in [0.5, 0.6) is 0 Å². The lowest BCUT2D eigenvalue weighted by Crippen LogP contribution is -2.36. The first-order valence-corrected chi connectivity index (χ1v) is 7.67. The number of carboxylic acids is 1. The van der Waals surface area contributed by atoms with Crippen molar-refractivity contribution in [2.75, 3.05) is 6.54 Å². The summed E-state index contributed by atoms with van der Waals surface area (Å²) in [4.78, 5) is 25.0. The van der Waals surface area contributed by atoms with Crippen molar-refractivity contribution in [3.63, 3.8) is 0 Å². The number of halogens is 1. The van der Waals surface area contributed by atoms with E-state index < -0.39 is 5.97 Å². The van der Waals surface area contributed by atoms with Gasteiger partial charge in [0.1, 0.15) is 6.54 Å². The van der Waals surface area contributed by atoms with E-state index in [9.17, 15) is 9.59 Å². The average Bonchev–Trinajstić information content (AvgIpc) is 3.30.